The van der Waals surface area contributed by atoms with E-state index in [2.05, 4.69) is 15.5 Å². The fourth-order valence-corrected chi connectivity index (χ4v) is 4.54. The summed E-state index contributed by atoms with van der Waals surface area (Å²) in [5, 5.41) is 10.4. The van der Waals surface area contributed by atoms with Crippen molar-refractivity contribution in [2.45, 2.75) is 64.3 Å². The molecule has 1 amide bonds. The lowest BCUT2D eigenvalue weighted by Gasteiger charge is -2.28. The number of anilines is 1. The van der Waals surface area contributed by atoms with Crippen LogP contribution in [-0.2, 0) is 11.8 Å². The first kappa shape index (κ1) is 16.2. The summed E-state index contributed by atoms with van der Waals surface area (Å²) >= 11 is 0. The summed E-state index contributed by atoms with van der Waals surface area (Å²) in [6, 6.07) is 0.264. The van der Waals surface area contributed by atoms with Gasteiger partial charge in [-0.05, 0) is 26.7 Å². The highest BCUT2D eigenvalue weighted by atomic mass is 16.2. The molecule has 2 aromatic rings. The number of nitrogens with zero attached hydrogens (tertiary/aromatic N) is 3. The molecule has 4 rings (SSSR count). The van der Waals surface area contributed by atoms with E-state index in [1.54, 1.807) is 0 Å². The minimum atomic E-state index is -0.231. The Labute approximate surface area is 146 Å². The van der Waals surface area contributed by atoms with E-state index in [1.165, 1.54) is 6.42 Å². The summed E-state index contributed by atoms with van der Waals surface area (Å²) in [6.07, 6.45) is 5.95. The number of fused-ring (bicyclic) bond motifs is 1. The molecule has 1 saturated carbocycles. The van der Waals surface area contributed by atoms with E-state index >= 15 is 0 Å². The second-order valence-electron chi connectivity index (χ2n) is 7.38. The highest BCUT2D eigenvalue weighted by Crippen LogP contribution is 2.40. The fourth-order valence-electron chi connectivity index (χ4n) is 4.54. The van der Waals surface area contributed by atoms with E-state index in [0.29, 0.717) is 11.4 Å². The van der Waals surface area contributed by atoms with Gasteiger partial charge in [0.2, 0.25) is 5.91 Å². The SMILES string of the molecule is Cc1nn(C)c(C)c1C1CC(=O)Nc2c1c(=O)[nH]n2C1CCCCC1. The van der Waals surface area contributed by atoms with Crippen LogP contribution in [0.25, 0.3) is 0 Å². The van der Waals surface area contributed by atoms with Crippen molar-refractivity contribution in [1.29, 1.82) is 0 Å². The number of aromatic amines is 1. The molecule has 1 unspecified atom stereocenters. The van der Waals surface area contributed by atoms with Crippen LogP contribution >= 0.6 is 0 Å². The fraction of sp³-hybridized carbons (Fsp3) is 0.611. The number of aromatic nitrogens is 4. The number of H-pyrrole nitrogens is 1. The summed E-state index contributed by atoms with van der Waals surface area (Å²) in [6.45, 7) is 3.94. The van der Waals surface area contributed by atoms with E-state index in [1.807, 2.05) is 30.3 Å². The largest absolute Gasteiger partial charge is 0.311 e. The lowest BCUT2D eigenvalue weighted by molar-refractivity contribution is -0.116. The second-order valence-corrected chi connectivity index (χ2v) is 7.38. The number of carbonyl (C=O) groups is 1. The van der Waals surface area contributed by atoms with Crippen LogP contribution in [0.4, 0.5) is 5.82 Å². The van der Waals surface area contributed by atoms with Gasteiger partial charge in [0, 0.05) is 30.6 Å². The van der Waals surface area contributed by atoms with Crippen molar-refractivity contribution in [2.24, 2.45) is 7.05 Å². The number of amides is 1. The Morgan fingerprint density at radius 3 is 2.44 bits per heavy atom. The van der Waals surface area contributed by atoms with E-state index in [4.69, 9.17) is 0 Å². The van der Waals surface area contributed by atoms with Crippen LogP contribution in [0.5, 0.6) is 0 Å². The van der Waals surface area contributed by atoms with Crippen molar-refractivity contribution in [3.63, 3.8) is 0 Å². The molecule has 0 saturated heterocycles. The topological polar surface area (TPSA) is 84.7 Å². The Bertz CT molecular complexity index is 882. The molecule has 0 aromatic carbocycles. The molecule has 3 heterocycles. The molecule has 134 valence electrons. The van der Waals surface area contributed by atoms with Gasteiger partial charge < -0.3 is 5.32 Å². The van der Waals surface area contributed by atoms with Gasteiger partial charge in [-0.15, -0.1) is 0 Å². The van der Waals surface area contributed by atoms with Gasteiger partial charge in [0.1, 0.15) is 5.82 Å². The molecule has 0 radical (unpaired) electrons. The maximum Gasteiger partial charge on any atom is 0.270 e. The minimum absolute atomic E-state index is 0.0382. The molecular formula is C18H25N5O2. The first-order valence-corrected chi connectivity index (χ1v) is 9.11. The quantitative estimate of drug-likeness (QED) is 0.878. The van der Waals surface area contributed by atoms with E-state index < -0.39 is 0 Å². The van der Waals surface area contributed by atoms with E-state index in [9.17, 15) is 9.59 Å². The molecule has 1 fully saturated rings. The van der Waals surface area contributed by atoms with Gasteiger partial charge in [-0.3, -0.25) is 24.1 Å². The van der Waals surface area contributed by atoms with Crippen LogP contribution < -0.4 is 10.9 Å². The number of hydrogen-bond acceptors (Lipinski definition) is 3. The third kappa shape index (κ3) is 2.53. The molecule has 1 aliphatic heterocycles. The van der Waals surface area contributed by atoms with Crippen molar-refractivity contribution in [3.05, 3.63) is 32.9 Å². The molecule has 25 heavy (non-hydrogen) atoms. The zero-order chi connectivity index (χ0) is 17.7. The summed E-state index contributed by atoms with van der Waals surface area (Å²) in [5.74, 6) is 0.399. The number of rotatable bonds is 2. The van der Waals surface area contributed by atoms with Crippen LogP contribution in [0.3, 0.4) is 0 Å². The Morgan fingerprint density at radius 2 is 1.80 bits per heavy atom. The summed E-state index contributed by atoms with van der Waals surface area (Å²) in [7, 11) is 1.90. The minimum Gasteiger partial charge on any atom is -0.311 e. The molecule has 2 aliphatic rings. The summed E-state index contributed by atoms with van der Waals surface area (Å²) in [4.78, 5) is 25.2. The zero-order valence-corrected chi connectivity index (χ0v) is 15.1. The smallest absolute Gasteiger partial charge is 0.270 e. The molecule has 7 nitrogen and oxygen atoms in total. The monoisotopic (exact) mass is 343 g/mol. The Hall–Kier alpha value is -2.31. The van der Waals surface area contributed by atoms with E-state index in [0.717, 1.165) is 42.6 Å². The molecule has 2 N–H and O–H groups in total. The van der Waals surface area contributed by atoms with Crippen molar-refractivity contribution >= 4 is 11.7 Å². The average Bonchev–Trinajstić information content (AvgIpc) is 3.04. The van der Waals surface area contributed by atoms with Gasteiger partial charge in [-0.2, -0.15) is 5.10 Å². The van der Waals surface area contributed by atoms with Crippen molar-refractivity contribution in [1.82, 2.24) is 19.6 Å². The average molecular weight is 343 g/mol. The molecule has 0 bridgehead atoms. The van der Waals surface area contributed by atoms with Crippen LogP contribution in [0, 0.1) is 13.8 Å². The van der Waals surface area contributed by atoms with Gasteiger partial charge in [0.25, 0.3) is 5.56 Å². The standard InChI is InChI=1S/C18H25N5O2/c1-10-15(11(2)22(3)20-10)13-9-14(24)19-17-16(13)18(25)21-23(17)12-7-5-4-6-8-12/h12-13H,4-9H2,1-3H3,(H,19,24)(H,21,25). The van der Waals surface area contributed by atoms with Gasteiger partial charge in [0.15, 0.2) is 0 Å². The first-order chi connectivity index (χ1) is 12.0. The number of nitrogens with one attached hydrogen (secondary N) is 2. The Balaban J connectivity index is 1.85. The first-order valence-electron chi connectivity index (χ1n) is 9.11. The predicted octanol–water partition coefficient (Wildman–Crippen LogP) is 2.51. The maximum absolute atomic E-state index is 12.8. The van der Waals surface area contributed by atoms with Crippen molar-refractivity contribution in [3.8, 4) is 0 Å². The summed E-state index contributed by atoms with van der Waals surface area (Å²) < 4.78 is 3.74. The normalized spacial score (nSPS) is 21.2. The third-order valence-corrected chi connectivity index (χ3v) is 5.81. The van der Waals surface area contributed by atoms with Gasteiger partial charge in [-0.1, -0.05) is 19.3 Å². The Kier molecular flexibility index (Phi) is 3.81. The molecule has 1 atom stereocenters. The van der Waals surface area contributed by atoms with Crippen LogP contribution in [0.15, 0.2) is 4.79 Å². The van der Waals surface area contributed by atoms with E-state index in [-0.39, 0.29) is 29.8 Å². The molecular weight excluding hydrogens is 318 g/mol. The lowest BCUT2D eigenvalue weighted by Crippen LogP contribution is -2.28. The highest BCUT2D eigenvalue weighted by Gasteiger charge is 2.36. The Morgan fingerprint density at radius 1 is 1.08 bits per heavy atom. The van der Waals surface area contributed by atoms with Crippen molar-refractivity contribution < 1.29 is 4.79 Å². The zero-order valence-electron chi connectivity index (χ0n) is 15.1. The number of carbonyl (C=O) groups excluding carboxylic acids is 1. The molecule has 0 spiro atoms. The number of aryl methyl sites for hydroxylation is 2. The second kappa shape index (κ2) is 5.89. The third-order valence-electron chi connectivity index (χ3n) is 5.81. The van der Waals surface area contributed by atoms with Crippen LogP contribution in [-0.4, -0.2) is 25.5 Å². The van der Waals surface area contributed by atoms with Gasteiger partial charge >= 0.3 is 0 Å². The predicted molar refractivity (Wildman–Crippen MR) is 94.9 cm³/mol. The molecule has 1 aliphatic carbocycles. The van der Waals surface area contributed by atoms with Crippen LogP contribution in [0.1, 0.15) is 73.0 Å². The molecule has 7 heteroatoms. The molecule has 2 aromatic heterocycles. The maximum atomic E-state index is 12.8. The highest BCUT2D eigenvalue weighted by molar-refractivity contribution is 5.94. The van der Waals surface area contributed by atoms with Crippen LogP contribution in [0.2, 0.25) is 0 Å². The lowest BCUT2D eigenvalue weighted by atomic mass is 9.85. The number of hydrogen-bond donors (Lipinski definition) is 2. The van der Waals surface area contributed by atoms with Crippen molar-refractivity contribution in [2.75, 3.05) is 5.32 Å². The van der Waals surface area contributed by atoms with Gasteiger partial charge in [-0.25, -0.2) is 0 Å². The summed E-state index contributed by atoms with van der Waals surface area (Å²) in [5.41, 5.74) is 3.49. The van der Waals surface area contributed by atoms with Gasteiger partial charge in [0.05, 0.1) is 17.3 Å².